The lowest BCUT2D eigenvalue weighted by molar-refractivity contribution is -0.383. The molecule has 0 heterocycles. The molecule has 0 aromatic heterocycles. The van der Waals surface area contributed by atoms with E-state index in [1.807, 2.05) is 31.9 Å². The smallest absolute Gasteiger partial charge is 0.315 e. The van der Waals surface area contributed by atoms with E-state index in [-0.39, 0.29) is 16.7 Å². The van der Waals surface area contributed by atoms with Gasteiger partial charge in [-0.25, -0.2) is 0 Å². The van der Waals surface area contributed by atoms with Gasteiger partial charge in [0.2, 0.25) is 0 Å². The number of nitrogens with one attached hydrogen (secondary N) is 1. The maximum Gasteiger partial charge on any atom is 0.315 e. The molecule has 0 aliphatic carbocycles. The zero-order valence-corrected chi connectivity index (χ0v) is 12.5. The highest BCUT2D eigenvalue weighted by molar-refractivity contribution is 5.77. The normalized spacial score (nSPS) is 12.0. The second-order valence-electron chi connectivity index (χ2n) is 4.77. The molecule has 1 N–H and O–H groups in total. The molecule has 1 aromatic carbocycles. The van der Waals surface area contributed by atoms with E-state index in [9.17, 15) is 10.1 Å². The molecular weight excluding hydrogens is 258 g/mol. The van der Waals surface area contributed by atoms with Crippen LogP contribution < -0.4 is 10.2 Å². The van der Waals surface area contributed by atoms with Gasteiger partial charge in [-0.1, -0.05) is 13.0 Å². The number of nitro benzene ring substituents is 1. The number of nitrogens with zero attached hydrogens (tertiary/aromatic N) is 2. The van der Waals surface area contributed by atoms with Gasteiger partial charge in [-0.15, -0.1) is 0 Å². The number of rotatable bonds is 8. The number of benzene rings is 1. The summed E-state index contributed by atoms with van der Waals surface area (Å²) in [5, 5.41) is 14.5. The van der Waals surface area contributed by atoms with Crippen LogP contribution in [0.2, 0.25) is 0 Å². The molecule has 0 amide bonds. The number of ether oxygens (including phenoxy) is 1. The first-order chi connectivity index (χ1) is 9.52. The van der Waals surface area contributed by atoms with Crippen molar-refractivity contribution in [3.05, 3.63) is 28.3 Å². The van der Waals surface area contributed by atoms with Gasteiger partial charge in [-0.3, -0.25) is 10.1 Å². The van der Waals surface area contributed by atoms with Crippen molar-refractivity contribution in [3.8, 4) is 0 Å². The summed E-state index contributed by atoms with van der Waals surface area (Å²) in [5.41, 5.74) is 1.28. The van der Waals surface area contributed by atoms with E-state index in [0.29, 0.717) is 24.5 Å². The van der Waals surface area contributed by atoms with Gasteiger partial charge < -0.3 is 15.0 Å². The average Bonchev–Trinajstić information content (AvgIpc) is 2.43. The maximum absolute atomic E-state index is 11.4. The summed E-state index contributed by atoms with van der Waals surface area (Å²) < 4.78 is 5.11. The van der Waals surface area contributed by atoms with Crippen LogP contribution in [-0.2, 0) is 4.74 Å². The van der Waals surface area contributed by atoms with Gasteiger partial charge in [-0.2, -0.15) is 0 Å². The van der Waals surface area contributed by atoms with Gasteiger partial charge in [-0.05, 0) is 25.5 Å². The average molecular weight is 281 g/mol. The highest BCUT2D eigenvalue weighted by Gasteiger charge is 2.24. The Morgan fingerprint density at radius 3 is 2.75 bits per heavy atom. The molecule has 20 heavy (non-hydrogen) atoms. The minimum atomic E-state index is -0.330. The first-order valence-electron chi connectivity index (χ1n) is 6.75. The number of nitro groups is 1. The predicted molar refractivity (Wildman–Crippen MR) is 81.6 cm³/mol. The summed E-state index contributed by atoms with van der Waals surface area (Å²) in [4.78, 5) is 12.9. The highest BCUT2D eigenvalue weighted by Crippen LogP contribution is 2.35. The fourth-order valence-electron chi connectivity index (χ4n) is 2.00. The molecule has 0 saturated heterocycles. The number of hydrogen-bond donors (Lipinski definition) is 1. The molecule has 0 aliphatic rings. The summed E-state index contributed by atoms with van der Waals surface area (Å²) >= 11 is 0. The van der Waals surface area contributed by atoms with Crippen LogP contribution in [0.25, 0.3) is 0 Å². The third-order valence-electron chi connectivity index (χ3n) is 3.21. The Bertz CT molecular complexity index is 451. The van der Waals surface area contributed by atoms with Crippen molar-refractivity contribution in [2.24, 2.45) is 0 Å². The Labute approximate surface area is 119 Å². The molecule has 0 bridgehead atoms. The molecule has 0 spiro atoms. The lowest BCUT2D eigenvalue weighted by atomic mass is 10.2. The van der Waals surface area contributed by atoms with E-state index < -0.39 is 0 Å². The number of para-hydroxylation sites is 1. The van der Waals surface area contributed by atoms with Crippen LogP contribution in [0.4, 0.5) is 17.1 Å². The molecule has 1 rings (SSSR count). The van der Waals surface area contributed by atoms with Gasteiger partial charge in [0, 0.05) is 26.7 Å². The number of hydrogen-bond acceptors (Lipinski definition) is 5. The Hall–Kier alpha value is -1.82. The van der Waals surface area contributed by atoms with Crippen molar-refractivity contribution in [2.75, 3.05) is 37.5 Å². The van der Waals surface area contributed by atoms with Gasteiger partial charge in [0.05, 0.1) is 11.5 Å². The van der Waals surface area contributed by atoms with Crippen molar-refractivity contribution < 1.29 is 9.66 Å². The lowest BCUT2D eigenvalue weighted by Crippen LogP contribution is -2.33. The topological polar surface area (TPSA) is 67.6 Å². The summed E-state index contributed by atoms with van der Waals surface area (Å²) in [6.45, 7) is 5.22. The van der Waals surface area contributed by atoms with Gasteiger partial charge >= 0.3 is 5.69 Å². The number of anilines is 2. The van der Waals surface area contributed by atoms with E-state index in [1.165, 1.54) is 0 Å². The molecular formula is C14H23N3O3. The third kappa shape index (κ3) is 3.84. The van der Waals surface area contributed by atoms with E-state index in [2.05, 4.69) is 5.32 Å². The van der Waals surface area contributed by atoms with Gasteiger partial charge in [0.15, 0.2) is 0 Å². The van der Waals surface area contributed by atoms with Crippen molar-refractivity contribution in [2.45, 2.75) is 26.3 Å². The summed E-state index contributed by atoms with van der Waals surface area (Å²) in [6, 6.07) is 5.39. The minimum Gasteiger partial charge on any atom is -0.383 e. The molecule has 0 fully saturated rings. The van der Waals surface area contributed by atoms with E-state index in [1.54, 1.807) is 19.2 Å². The zero-order valence-electron chi connectivity index (χ0n) is 12.5. The zero-order chi connectivity index (χ0) is 15.1. The Balaban J connectivity index is 3.14. The third-order valence-corrected chi connectivity index (χ3v) is 3.21. The van der Waals surface area contributed by atoms with Crippen molar-refractivity contribution in [3.63, 3.8) is 0 Å². The molecule has 1 aromatic rings. The second-order valence-corrected chi connectivity index (χ2v) is 4.77. The van der Waals surface area contributed by atoms with Crippen LogP contribution >= 0.6 is 0 Å². The molecule has 0 saturated carbocycles. The van der Waals surface area contributed by atoms with Gasteiger partial charge in [0.1, 0.15) is 11.4 Å². The van der Waals surface area contributed by atoms with Gasteiger partial charge in [0.25, 0.3) is 0 Å². The second kappa shape index (κ2) is 7.69. The van der Waals surface area contributed by atoms with Crippen LogP contribution in [0.5, 0.6) is 0 Å². The molecule has 6 nitrogen and oxygen atoms in total. The Morgan fingerprint density at radius 2 is 2.20 bits per heavy atom. The molecule has 112 valence electrons. The highest BCUT2D eigenvalue weighted by atomic mass is 16.6. The molecule has 0 radical (unpaired) electrons. The quantitative estimate of drug-likeness (QED) is 0.586. The SMILES string of the molecule is CCCNc1cccc(N(C)C(C)COC)c1[N+](=O)[O-]. The number of likely N-dealkylation sites (N-methyl/N-ethyl adjacent to an activating group) is 1. The molecule has 1 unspecified atom stereocenters. The van der Waals surface area contributed by atoms with Crippen LogP contribution in [0, 0.1) is 10.1 Å². The Morgan fingerprint density at radius 1 is 1.50 bits per heavy atom. The largest absolute Gasteiger partial charge is 0.383 e. The molecule has 1 atom stereocenters. The Kier molecular flexibility index (Phi) is 6.24. The minimum absolute atomic E-state index is 0.0557. The van der Waals surface area contributed by atoms with E-state index in [4.69, 9.17) is 4.74 Å². The lowest BCUT2D eigenvalue weighted by Gasteiger charge is -2.26. The fourth-order valence-corrected chi connectivity index (χ4v) is 2.00. The summed E-state index contributed by atoms with van der Waals surface area (Å²) in [5.74, 6) is 0. The first kappa shape index (κ1) is 16.2. The standard InChI is InChI=1S/C14H23N3O3/c1-5-9-15-12-7-6-8-13(14(12)17(18)19)16(3)11(2)10-20-4/h6-8,11,15H,5,9-10H2,1-4H3. The monoisotopic (exact) mass is 281 g/mol. The van der Waals surface area contributed by atoms with Crippen LogP contribution in [0.3, 0.4) is 0 Å². The van der Waals surface area contributed by atoms with Crippen LogP contribution in [0.15, 0.2) is 18.2 Å². The maximum atomic E-state index is 11.4. The fraction of sp³-hybridized carbons (Fsp3) is 0.571. The molecule has 0 aliphatic heterocycles. The van der Waals surface area contributed by atoms with E-state index >= 15 is 0 Å². The van der Waals surface area contributed by atoms with Crippen LogP contribution in [-0.4, -0.2) is 38.3 Å². The summed E-state index contributed by atoms with van der Waals surface area (Å²) in [7, 11) is 3.47. The summed E-state index contributed by atoms with van der Waals surface area (Å²) in [6.07, 6.45) is 0.914. The van der Waals surface area contributed by atoms with Crippen molar-refractivity contribution in [1.82, 2.24) is 0 Å². The predicted octanol–water partition coefficient (Wildman–Crippen LogP) is 2.89. The van der Waals surface area contributed by atoms with Crippen molar-refractivity contribution >= 4 is 17.1 Å². The number of methoxy groups -OCH3 is 1. The van der Waals surface area contributed by atoms with E-state index in [0.717, 1.165) is 6.42 Å². The molecule has 6 heteroatoms. The van der Waals surface area contributed by atoms with Crippen molar-refractivity contribution in [1.29, 1.82) is 0 Å². The first-order valence-corrected chi connectivity index (χ1v) is 6.75. The van der Waals surface area contributed by atoms with Crippen LogP contribution in [0.1, 0.15) is 20.3 Å².